The molecule has 2 atom stereocenters. The number of aromatic nitrogens is 1. The fourth-order valence-electron chi connectivity index (χ4n) is 3.32. The summed E-state index contributed by atoms with van der Waals surface area (Å²) in [6.45, 7) is 0.138. The van der Waals surface area contributed by atoms with Crippen LogP contribution in [0.5, 0.6) is 0 Å². The second-order valence-corrected chi connectivity index (χ2v) is 9.40. The van der Waals surface area contributed by atoms with Crippen LogP contribution in [0.25, 0.3) is 0 Å². The molecule has 4 rings (SSSR count). The quantitative estimate of drug-likeness (QED) is 0.581. The van der Waals surface area contributed by atoms with E-state index in [1.807, 2.05) is 12.1 Å². The van der Waals surface area contributed by atoms with Crippen LogP contribution < -0.4 is 10.0 Å². The molecule has 0 saturated heterocycles. The first-order valence-electron chi connectivity index (χ1n) is 9.47. The highest BCUT2D eigenvalue weighted by atomic mass is 35.5. The van der Waals surface area contributed by atoms with E-state index in [0.717, 1.165) is 17.5 Å². The van der Waals surface area contributed by atoms with Crippen molar-refractivity contribution in [3.63, 3.8) is 0 Å². The Bertz CT molecular complexity index is 1150. The highest BCUT2D eigenvalue weighted by Gasteiger charge is 2.43. The fraction of sp³-hybridized carbons (Fsp3) is 0.182. The van der Waals surface area contributed by atoms with Crippen LogP contribution in [0, 0.1) is 5.92 Å². The number of carbonyl (C=O) groups is 1. The minimum absolute atomic E-state index is 0.0634. The van der Waals surface area contributed by atoms with E-state index < -0.39 is 10.0 Å². The Labute approximate surface area is 180 Å². The second-order valence-electron chi connectivity index (χ2n) is 7.20. The number of hydrogen-bond donors (Lipinski definition) is 2. The van der Waals surface area contributed by atoms with Crippen molar-refractivity contribution in [2.24, 2.45) is 5.92 Å². The molecular formula is C22H20ClN3O3S. The Hall–Kier alpha value is -2.74. The lowest BCUT2D eigenvalue weighted by Gasteiger charge is -2.09. The van der Waals surface area contributed by atoms with Gasteiger partial charge in [0.1, 0.15) is 0 Å². The molecule has 6 nitrogen and oxygen atoms in total. The molecule has 0 bridgehead atoms. The van der Waals surface area contributed by atoms with E-state index >= 15 is 0 Å². The van der Waals surface area contributed by atoms with Crippen molar-refractivity contribution < 1.29 is 13.2 Å². The summed E-state index contributed by atoms with van der Waals surface area (Å²) in [7, 11) is -3.68. The number of rotatable bonds is 7. The van der Waals surface area contributed by atoms with Crippen molar-refractivity contribution in [2.75, 3.05) is 5.32 Å². The van der Waals surface area contributed by atoms with Gasteiger partial charge in [0, 0.05) is 35.6 Å². The fourth-order valence-corrected chi connectivity index (χ4v) is 4.56. The molecule has 2 unspecified atom stereocenters. The van der Waals surface area contributed by atoms with Crippen LogP contribution in [0.15, 0.2) is 78.0 Å². The number of hydrogen-bond acceptors (Lipinski definition) is 4. The Morgan fingerprint density at radius 1 is 1.07 bits per heavy atom. The summed E-state index contributed by atoms with van der Waals surface area (Å²) in [5.74, 6) is 0.0741. The zero-order valence-corrected chi connectivity index (χ0v) is 17.5. The predicted molar refractivity (Wildman–Crippen MR) is 116 cm³/mol. The lowest BCUT2D eigenvalue weighted by Crippen LogP contribution is -2.23. The molecule has 1 aromatic heterocycles. The van der Waals surface area contributed by atoms with Gasteiger partial charge in [-0.3, -0.25) is 9.78 Å². The summed E-state index contributed by atoms with van der Waals surface area (Å²) < 4.78 is 27.6. The highest BCUT2D eigenvalue weighted by molar-refractivity contribution is 7.89. The predicted octanol–water partition coefficient (Wildman–Crippen LogP) is 3.96. The minimum atomic E-state index is -3.68. The molecule has 1 aliphatic rings. The third-order valence-corrected chi connectivity index (χ3v) is 6.70. The van der Waals surface area contributed by atoms with E-state index in [1.54, 1.807) is 48.8 Å². The molecule has 8 heteroatoms. The number of sulfonamides is 1. The smallest absolute Gasteiger partial charge is 0.240 e. The Kier molecular flexibility index (Phi) is 5.85. The van der Waals surface area contributed by atoms with Crippen molar-refractivity contribution in [1.29, 1.82) is 0 Å². The van der Waals surface area contributed by atoms with Gasteiger partial charge in [0.05, 0.1) is 4.90 Å². The summed E-state index contributed by atoms with van der Waals surface area (Å²) in [5.41, 5.74) is 2.44. The van der Waals surface area contributed by atoms with Crippen molar-refractivity contribution in [1.82, 2.24) is 9.71 Å². The van der Waals surface area contributed by atoms with Crippen molar-refractivity contribution in [3.05, 3.63) is 89.2 Å². The zero-order valence-electron chi connectivity index (χ0n) is 16.0. The van der Waals surface area contributed by atoms with Gasteiger partial charge in [-0.15, -0.1) is 0 Å². The van der Waals surface area contributed by atoms with Crippen LogP contribution in [-0.4, -0.2) is 19.3 Å². The Morgan fingerprint density at radius 2 is 1.80 bits per heavy atom. The first-order valence-corrected chi connectivity index (χ1v) is 11.3. The van der Waals surface area contributed by atoms with Gasteiger partial charge in [0.25, 0.3) is 0 Å². The molecule has 1 amide bonds. The lowest BCUT2D eigenvalue weighted by atomic mass is 10.1. The van der Waals surface area contributed by atoms with E-state index in [-0.39, 0.29) is 29.2 Å². The molecule has 1 heterocycles. The van der Waals surface area contributed by atoms with Crippen molar-refractivity contribution in [2.45, 2.75) is 23.8 Å². The lowest BCUT2D eigenvalue weighted by molar-refractivity contribution is -0.117. The number of benzene rings is 2. The van der Waals surface area contributed by atoms with Gasteiger partial charge in [0.15, 0.2) is 0 Å². The molecule has 1 fully saturated rings. The molecule has 1 saturated carbocycles. The van der Waals surface area contributed by atoms with E-state index in [2.05, 4.69) is 15.0 Å². The second kappa shape index (κ2) is 8.55. The number of pyridine rings is 1. The SMILES string of the molecule is O=C(Nc1ccc(S(=O)(=O)NCc2cccc(Cl)c2)cc1)C1CC1c1ccncc1. The zero-order chi connectivity index (χ0) is 21.1. The maximum absolute atomic E-state index is 12.5. The summed E-state index contributed by atoms with van der Waals surface area (Å²) in [5, 5.41) is 3.41. The van der Waals surface area contributed by atoms with Crippen molar-refractivity contribution >= 4 is 33.2 Å². The number of halogens is 1. The Morgan fingerprint density at radius 3 is 2.50 bits per heavy atom. The largest absolute Gasteiger partial charge is 0.326 e. The molecule has 154 valence electrons. The third kappa shape index (κ3) is 4.87. The summed E-state index contributed by atoms with van der Waals surface area (Å²) in [6.07, 6.45) is 4.25. The number of anilines is 1. The molecule has 0 radical (unpaired) electrons. The Balaban J connectivity index is 1.35. The van der Waals surface area contributed by atoms with Gasteiger partial charge in [-0.1, -0.05) is 23.7 Å². The first-order chi connectivity index (χ1) is 14.4. The summed E-state index contributed by atoms with van der Waals surface area (Å²) >= 11 is 5.93. The van der Waals surface area contributed by atoms with Gasteiger partial charge in [-0.2, -0.15) is 0 Å². The minimum Gasteiger partial charge on any atom is -0.326 e. The maximum Gasteiger partial charge on any atom is 0.240 e. The summed E-state index contributed by atoms with van der Waals surface area (Å²) in [4.78, 5) is 16.6. The molecule has 0 aliphatic heterocycles. The van der Waals surface area contributed by atoms with Gasteiger partial charge in [0.2, 0.25) is 15.9 Å². The van der Waals surface area contributed by atoms with Crippen LogP contribution in [0.3, 0.4) is 0 Å². The van der Waals surface area contributed by atoms with E-state index in [4.69, 9.17) is 11.6 Å². The standard InChI is InChI=1S/C22H20ClN3O3S/c23-17-3-1-2-15(12-17)14-25-30(28,29)19-6-4-18(5-7-19)26-22(27)21-13-20(21)16-8-10-24-11-9-16/h1-12,20-21,25H,13-14H2,(H,26,27). The molecular weight excluding hydrogens is 422 g/mol. The van der Waals surface area contributed by atoms with Gasteiger partial charge >= 0.3 is 0 Å². The van der Waals surface area contributed by atoms with E-state index in [1.165, 1.54) is 12.1 Å². The van der Waals surface area contributed by atoms with Crippen LogP contribution in [0.4, 0.5) is 5.69 Å². The molecule has 2 N–H and O–H groups in total. The topological polar surface area (TPSA) is 88.2 Å². The number of nitrogens with zero attached hydrogens (tertiary/aromatic N) is 1. The van der Waals surface area contributed by atoms with Crippen LogP contribution in [0.1, 0.15) is 23.5 Å². The maximum atomic E-state index is 12.5. The average Bonchev–Trinajstić information content (AvgIpc) is 3.55. The summed E-state index contributed by atoms with van der Waals surface area (Å²) in [6, 6.07) is 17.0. The van der Waals surface area contributed by atoms with Gasteiger partial charge < -0.3 is 5.32 Å². The first kappa shape index (κ1) is 20.5. The molecule has 3 aromatic rings. The molecule has 1 aliphatic carbocycles. The third-order valence-electron chi connectivity index (χ3n) is 5.05. The van der Waals surface area contributed by atoms with Crippen LogP contribution >= 0.6 is 11.6 Å². The number of nitrogens with one attached hydrogen (secondary N) is 2. The van der Waals surface area contributed by atoms with Crippen LogP contribution in [-0.2, 0) is 21.4 Å². The van der Waals surface area contributed by atoms with Crippen molar-refractivity contribution in [3.8, 4) is 0 Å². The van der Waals surface area contributed by atoms with E-state index in [0.29, 0.717) is 10.7 Å². The van der Waals surface area contributed by atoms with E-state index in [9.17, 15) is 13.2 Å². The van der Waals surface area contributed by atoms with Crippen LogP contribution in [0.2, 0.25) is 5.02 Å². The molecule has 0 spiro atoms. The number of amides is 1. The van der Waals surface area contributed by atoms with Gasteiger partial charge in [-0.05, 0) is 72.0 Å². The molecule has 30 heavy (non-hydrogen) atoms. The molecule has 2 aromatic carbocycles. The monoisotopic (exact) mass is 441 g/mol. The van der Waals surface area contributed by atoms with Gasteiger partial charge in [-0.25, -0.2) is 13.1 Å². The normalized spacial score (nSPS) is 18.0. The average molecular weight is 442 g/mol. The number of carbonyl (C=O) groups excluding carboxylic acids is 1. The highest BCUT2D eigenvalue weighted by Crippen LogP contribution is 2.47.